The molecular formula is C22H23N3O3. The summed E-state index contributed by atoms with van der Waals surface area (Å²) in [6, 6.07) is 17.3. The second kappa shape index (κ2) is 7.56. The molecule has 0 saturated heterocycles. The van der Waals surface area contributed by atoms with Gasteiger partial charge in [0.1, 0.15) is 18.8 Å². The standard InChI is InChI=1S/C22H23N3O3/c1-22(2)19(27-13-16-7-4-3-5-8-16)12-20(22)28-21(26)17-9-6-10-18(11-17)25-15-23-14-24-25/h3-11,14-15,19-20H,12-13H2,1-2H3. The summed E-state index contributed by atoms with van der Waals surface area (Å²) < 4.78 is 13.4. The number of aromatic nitrogens is 3. The summed E-state index contributed by atoms with van der Waals surface area (Å²) in [4.78, 5) is 16.6. The maximum Gasteiger partial charge on any atom is 0.338 e. The van der Waals surface area contributed by atoms with Gasteiger partial charge in [-0.2, -0.15) is 5.10 Å². The van der Waals surface area contributed by atoms with E-state index < -0.39 is 0 Å². The van der Waals surface area contributed by atoms with E-state index in [9.17, 15) is 4.79 Å². The number of ether oxygens (including phenoxy) is 2. The Morgan fingerprint density at radius 3 is 2.68 bits per heavy atom. The number of carbonyl (C=O) groups is 1. The van der Waals surface area contributed by atoms with Crippen molar-refractivity contribution >= 4 is 5.97 Å². The van der Waals surface area contributed by atoms with Gasteiger partial charge >= 0.3 is 5.97 Å². The summed E-state index contributed by atoms with van der Waals surface area (Å²) in [7, 11) is 0. The molecule has 6 heteroatoms. The number of rotatable bonds is 6. The van der Waals surface area contributed by atoms with Gasteiger partial charge in [0.2, 0.25) is 0 Å². The van der Waals surface area contributed by atoms with Gasteiger partial charge in [-0.25, -0.2) is 14.5 Å². The number of nitrogens with zero attached hydrogens (tertiary/aromatic N) is 3. The number of esters is 1. The van der Waals surface area contributed by atoms with Gasteiger partial charge in [0, 0.05) is 11.8 Å². The van der Waals surface area contributed by atoms with E-state index in [4.69, 9.17) is 9.47 Å². The van der Waals surface area contributed by atoms with Gasteiger partial charge in [-0.1, -0.05) is 50.2 Å². The highest BCUT2D eigenvalue weighted by Crippen LogP contribution is 2.45. The number of carbonyl (C=O) groups excluding carboxylic acids is 1. The molecule has 0 radical (unpaired) electrons. The zero-order valence-electron chi connectivity index (χ0n) is 16.0. The van der Waals surface area contributed by atoms with Crippen molar-refractivity contribution in [2.75, 3.05) is 0 Å². The van der Waals surface area contributed by atoms with Crippen LogP contribution in [0, 0.1) is 5.41 Å². The van der Waals surface area contributed by atoms with Crippen LogP contribution in [0.5, 0.6) is 0 Å². The Morgan fingerprint density at radius 2 is 1.96 bits per heavy atom. The first-order valence-electron chi connectivity index (χ1n) is 9.35. The van der Waals surface area contributed by atoms with Crippen LogP contribution in [0.1, 0.15) is 36.2 Å². The van der Waals surface area contributed by atoms with E-state index in [0.29, 0.717) is 18.6 Å². The Balaban J connectivity index is 1.36. The smallest absolute Gasteiger partial charge is 0.338 e. The van der Waals surface area contributed by atoms with Crippen LogP contribution in [0.2, 0.25) is 0 Å². The molecule has 2 atom stereocenters. The van der Waals surface area contributed by atoms with Gasteiger partial charge in [-0.15, -0.1) is 0 Å². The molecular weight excluding hydrogens is 354 g/mol. The van der Waals surface area contributed by atoms with Crippen molar-refractivity contribution in [1.29, 1.82) is 0 Å². The van der Waals surface area contributed by atoms with E-state index in [2.05, 4.69) is 23.9 Å². The Morgan fingerprint density at radius 1 is 1.14 bits per heavy atom. The predicted octanol–water partition coefficient (Wildman–Crippen LogP) is 3.81. The lowest BCUT2D eigenvalue weighted by molar-refractivity contribution is -0.181. The summed E-state index contributed by atoms with van der Waals surface area (Å²) in [6.07, 6.45) is 3.64. The first kappa shape index (κ1) is 18.4. The quantitative estimate of drug-likeness (QED) is 0.611. The highest BCUT2D eigenvalue weighted by atomic mass is 16.6. The molecule has 6 nitrogen and oxygen atoms in total. The molecule has 1 aromatic heterocycles. The van der Waals surface area contributed by atoms with Crippen molar-refractivity contribution in [2.24, 2.45) is 5.41 Å². The molecule has 0 spiro atoms. The Bertz CT molecular complexity index is 939. The van der Waals surface area contributed by atoms with Crippen LogP contribution in [0.4, 0.5) is 0 Å². The number of hydrogen-bond donors (Lipinski definition) is 0. The van der Waals surface area contributed by atoms with E-state index in [1.165, 1.54) is 6.33 Å². The highest BCUT2D eigenvalue weighted by Gasteiger charge is 2.51. The fourth-order valence-corrected chi connectivity index (χ4v) is 3.42. The maximum atomic E-state index is 12.6. The van der Waals surface area contributed by atoms with Gasteiger partial charge in [0.05, 0.1) is 24.0 Å². The molecule has 1 aliphatic carbocycles. The van der Waals surface area contributed by atoms with Crippen molar-refractivity contribution in [3.8, 4) is 5.69 Å². The zero-order valence-corrected chi connectivity index (χ0v) is 16.0. The average Bonchev–Trinajstić information content (AvgIpc) is 3.26. The molecule has 0 N–H and O–H groups in total. The third-order valence-corrected chi connectivity index (χ3v) is 5.40. The van der Waals surface area contributed by atoms with E-state index in [-0.39, 0.29) is 23.6 Å². The van der Waals surface area contributed by atoms with E-state index in [0.717, 1.165) is 11.3 Å². The minimum Gasteiger partial charge on any atom is -0.458 e. The van der Waals surface area contributed by atoms with Crippen LogP contribution in [0.15, 0.2) is 67.3 Å². The molecule has 3 aromatic rings. The van der Waals surface area contributed by atoms with Crippen LogP contribution in [-0.2, 0) is 16.1 Å². The molecule has 4 rings (SSSR count). The molecule has 0 aliphatic heterocycles. The first-order chi connectivity index (χ1) is 13.5. The Kier molecular flexibility index (Phi) is 4.96. The molecule has 28 heavy (non-hydrogen) atoms. The number of benzene rings is 2. The van der Waals surface area contributed by atoms with Crippen molar-refractivity contribution in [3.63, 3.8) is 0 Å². The summed E-state index contributed by atoms with van der Waals surface area (Å²) >= 11 is 0. The fraction of sp³-hybridized carbons (Fsp3) is 0.318. The lowest BCUT2D eigenvalue weighted by atomic mass is 9.66. The van der Waals surface area contributed by atoms with Crippen molar-refractivity contribution in [2.45, 2.75) is 39.1 Å². The maximum absolute atomic E-state index is 12.6. The zero-order chi connectivity index (χ0) is 19.6. The lowest BCUT2D eigenvalue weighted by Crippen LogP contribution is -2.56. The lowest BCUT2D eigenvalue weighted by Gasteiger charge is -2.50. The van der Waals surface area contributed by atoms with E-state index in [1.807, 2.05) is 42.5 Å². The van der Waals surface area contributed by atoms with Crippen molar-refractivity contribution in [3.05, 3.63) is 78.4 Å². The molecule has 1 fully saturated rings. The largest absolute Gasteiger partial charge is 0.458 e. The van der Waals surface area contributed by atoms with Crippen LogP contribution in [0.3, 0.4) is 0 Å². The predicted molar refractivity (Wildman–Crippen MR) is 104 cm³/mol. The molecule has 1 saturated carbocycles. The van der Waals surface area contributed by atoms with Gasteiger partial charge in [0.15, 0.2) is 0 Å². The second-order valence-electron chi connectivity index (χ2n) is 7.63. The summed E-state index contributed by atoms with van der Waals surface area (Å²) in [6.45, 7) is 4.72. The van der Waals surface area contributed by atoms with E-state index >= 15 is 0 Å². The number of hydrogen-bond acceptors (Lipinski definition) is 5. The normalized spacial score (nSPS) is 20.4. The van der Waals surface area contributed by atoms with E-state index in [1.54, 1.807) is 23.1 Å². The van der Waals surface area contributed by atoms with Crippen LogP contribution < -0.4 is 0 Å². The second-order valence-corrected chi connectivity index (χ2v) is 7.63. The van der Waals surface area contributed by atoms with Gasteiger partial charge < -0.3 is 9.47 Å². The summed E-state index contributed by atoms with van der Waals surface area (Å²) in [5.74, 6) is -0.332. The third-order valence-electron chi connectivity index (χ3n) is 5.40. The van der Waals surface area contributed by atoms with Gasteiger partial charge in [-0.05, 0) is 23.8 Å². The molecule has 2 unspecified atom stereocenters. The molecule has 1 heterocycles. The molecule has 2 aromatic carbocycles. The van der Waals surface area contributed by atoms with Crippen LogP contribution >= 0.6 is 0 Å². The van der Waals surface area contributed by atoms with Crippen molar-refractivity contribution < 1.29 is 14.3 Å². The molecule has 0 amide bonds. The fourth-order valence-electron chi connectivity index (χ4n) is 3.42. The summed E-state index contributed by atoms with van der Waals surface area (Å²) in [5, 5.41) is 4.09. The minimum atomic E-state index is -0.332. The van der Waals surface area contributed by atoms with Gasteiger partial charge in [0.25, 0.3) is 0 Å². The molecule has 1 aliphatic rings. The monoisotopic (exact) mass is 377 g/mol. The average molecular weight is 377 g/mol. The van der Waals surface area contributed by atoms with Crippen molar-refractivity contribution in [1.82, 2.24) is 14.8 Å². The Hall–Kier alpha value is -2.99. The van der Waals surface area contributed by atoms with Crippen LogP contribution in [0.25, 0.3) is 5.69 Å². The SMILES string of the molecule is CC1(C)C(OCc2ccccc2)CC1OC(=O)c1cccc(-n2cncn2)c1. The summed E-state index contributed by atoms with van der Waals surface area (Å²) in [5.41, 5.74) is 2.18. The highest BCUT2D eigenvalue weighted by molar-refractivity contribution is 5.90. The molecule has 0 bridgehead atoms. The minimum absolute atomic E-state index is 0.0620. The Labute approximate surface area is 164 Å². The first-order valence-corrected chi connectivity index (χ1v) is 9.35. The van der Waals surface area contributed by atoms with Crippen LogP contribution in [-0.4, -0.2) is 32.9 Å². The van der Waals surface area contributed by atoms with Gasteiger partial charge in [-0.3, -0.25) is 0 Å². The molecule has 144 valence electrons. The third kappa shape index (κ3) is 3.68. The topological polar surface area (TPSA) is 66.2 Å².